The maximum Gasteiger partial charge on any atom is 0.412 e. The predicted molar refractivity (Wildman–Crippen MR) is 54.1 cm³/mol. The molecule has 0 N–H and O–H groups in total. The molecule has 1 amide bonds. The van der Waals surface area contributed by atoms with Crippen LogP contribution in [0.3, 0.4) is 0 Å². The minimum atomic E-state index is -0.519. The van der Waals surface area contributed by atoms with E-state index >= 15 is 0 Å². The van der Waals surface area contributed by atoms with Crippen molar-refractivity contribution in [2.45, 2.75) is 45.4 Å². The lowest BCUT2D eigenvalue weighted by molar-refractivity contribution is 0.0233. The molecule has 0 aromatic rings. The van der Waals surface area contributed by atoms with Crippen LogP contribution in [0.1, 0.15) is 33.6 Å². The Morgan fingerprint density at radius 2 is 2.20 bits per heavy atom. The number of isocyanates is 1. The molecule has 0 saturated carbocycles. The number of likely N-dealkylation sites (tertiary alicyclic amines) is 1. The molecule has 1 fully saturated rings. The molecule has 0 aromatic carbocycles. The summed E-state index contributed by atoms with van der Waals surface area (Å²) in [6, 6.07) is 0. The van der Waals surface area contributed by atoms with Gasteiger partial charge in [0.1, 0.15) is 11.8 Å². The highest BCUT2D eigenvalue weighted by atomic mass is 16.6. The van der Waals surface area contributed by atoms with E-state index in [1.807, 2.05) is 0 Å². The van der Waals surface area contributed by atoms with Crippen molar-refractivity contribution in [2.75, 3.05) is 6.54 Å². The van der Waals surface area contributed by atoms with Crippen molar-refractivity contribution >= 4 is 12.2 Å². The smallest absolute Gasteiger partial charge is 0.412 e. The molecule has 1 aliphatic rings. The largest absolute Gasteiger partial charge is 0.444 e. The lowest BCUT2D eigenvalue weighted by atomic mass is 10.2. The van der Waals surface area contributed by atoms with Gasteiger partial charge in [0, 0.05) is 6.54 Å². The Labute approximate surface area is 89.1 Å². The third-order valence-electron chi connectivity index (χ3n) is 2.05. The number of carbonyl (C=O) groups excluding carboxylic acids is 2. The molecular weight excluding hydrogens is 196 g/mol. The molecule has 1 heterocycles. The van der Waals surface area contributed by atoms with Crippen LogP contribution in [0.15, 0.2) is 4.99 Å². The van der Waals surface area contributed by atoms with Gasteiger partial charge in [-0.05, 0) is 33.6 Å². The average Bonchev–Trinajstić information content (AvgIpc) is 2.49. The van der Waals surface area contributed by atoms with Crippen molar-refractivity contribution in [3.8, 4) is 0 Å². The highest BCUT2D eigenvalue weighted by Gasteiger charge is 2.31. The maximum absolute atomic E-state index is 11.7. The highest BCUT2D eigenvalue weighted by molar-refractivity contribution is 5.69. The summed E-state index contributed by atoms with van der Waals surface area (Å²) < 4.78 is 5.20. The number of hydrogen-bond donors (Lipinski definition) is 0. The van der Waals surface area contributed by atoms with E-state index in [9.17, 15) is 9.59 Å². The monoisotopic (exact) mass is 212 g/mol. The topological polar surface area (TPSA) is 59.0 Å². The van der Waals surface area contributed by atoms with E-state index in [2.05, 4.69) is 4.99 Å². The first-order valence-electron chi connectivity index (χ1n) is 5.00. The van der Waals surface area contributed by atoms with Crippen molar-refractivity contribution < 1.29 is 14.3 Å². The Hall–Kier alpha value is -1.35. The van der Waals surface area contributed by atoms with Crippen LogP contribution in [0, 0.1) is 0 Å². The molecule has 1 rings (SSSR count). The summed E-state index contributed by atoms with van der Waals surface area (Å²) in [5.41, 5.74) is -0.519. The third-order valence-corrected chi connectivity index (χ3v) is 2.05. The number of hydrogen-bond acceptors (Lipinski definition) is 4. The zero-order chi connectivity index (χ0) is 11.5. The van der Waals surface area contributed by atoms with Crippen molar-refractivity contribution in [2.24, 2.45) is 4.99 Å². The fourth-order valence-electron chi connectivity index (χ4n) is 1.48. The summed E-state index contributed by atoms with van der Waals surface area (Å²) in [5, 5.41) is 0. The summed E-state index contributed by atoms with van der Waals surface area (Å²) in [4.78, 5) is 26.8. The standard InChI is InChI=1S/C10H16N2O3/c1-10(2,3)15-9(14)12-6-4-5-8(12)11-7-13/h8H,4-6H2,1-3H3. The van der Waals surface area contributed by atoms with Crippen LogP contribution in [0.25, 0.3) is 0 Å². The van der Waals surface area contributed by atoms with E-state index in [0.717, 1.165) is 6.42 Å². The first kappa shape index (κ1) is 11.7. The molecule has 0 aromatic heterocycles. The van der Waals surface area contributed by atoms with E-state index < -0.39 is 17.9 Å². The van der Waals surface area contributed by atoms with E-state index in [4.69, 9.17) is 4.74 Å². The number of aliphatic imine (C=N–C) groups is 1. The molecule has 84 valence electrons. The quantitative estimate of drug-likeness (QED) is 0.490. The second-order valence-electron chi connectivity index (χ2n) is 4.52. The Bertz CT molecular complexity index is 290. The van der Waals surface area contributed by atoms with Gasteiger partial charge >= 0.3 is 6.09 Å². The summed E-state index contributed by atoms with van der Waals surface area (Å²) in [6.45, 7) is 6.00. The Kier molecular flexibility index (Phi) is 3.48. The van der Waals surface area contributed by atoms with E-state index in [-0.39, 0.29) is 0 Å². The number of nitrogens with zero attached hydrogens (tertiary/aromatic N) is 2. The van der Waals surface area contributed by atoms with E-state index in [0.29, 0.717) is 13.0 Å². The van der Waals surface area contributed by atoms with Crippen molar-refractivity contribution in [3.05, 3.63) is 0 Å². The van der Waals surface area contributed by atoms with Crippen LogP contribution in [0.5, 0.6) is 0 Å². The van der Waals surface area contributed by atoms with Gasteiger partial charge in [-0.25, -0.2) is 9.59 Å². The summed E-state index contributed by atoms with van der Waals surface area (Å²) >= 11 is 0. The van der Waals surface area contributed by atoms with Gasteiger partial charge in [-0.1, -0.05) is 0 Å². The molecule has 0 radical (unpaired) electrons. The van der Waals surface area contributed by atoms with Gasteiger partial charge < -0.3 is 4.74 Å². The number of ether oxygens (including phenoxy) is 1. The van der Waals surface area contributed by atoms with Gasteiger partial charge in [-0.3, -0.25) is 4.90 Å². The second-order valence-corrected chi connectivity index (χ2v) is 4.52. The highest BCUT2D eigenvalue weighted by Crippen LogP contribution is 2.20. The minimum Gasteiger partial charge on any atom is -0.444 e. The van der Waals surface area contributed by atoms with E-state index in [1.54, 1.807) is 20.8 Å². The van der Waals surface area contributed by atoms with Crippen LogP contribution in [-0.4, -0.2) is 35.4 Å². The molecular formula is C10H16N2O3. The average molecular weight is 212 g/mol. The molecule has 0 spiro atoms. The number of carbonyl (C=O) groups is 1. The summed E-state index contributed by atoms with van der Waals surface area (Å²) in [7, 11) is 0. The molecule has 0 aliphatic carbocycles. The molecule has 5 nitrogen and oxygen atoms in total. The van der Waals surface area contributed by atoms with Crippen LogP contribution >= 0.6 is 0 Å². The van der Waals surface area contributed by atoms with Gasteiger partial charge in [0.25, 0.3) is 0 Å². The first-order valence-corrected chi connectivity index (χ1v) is 5.00. The third kappa shape index (κ3) is 3.36. The Morgan fingerprint density at radius 1 is 1.53 bits per heavy atom. The summed E-state index contributed by atoms with van der Waals surface area (Å²) in [6.07, 6.45) is 2.22. The molecule has 1 saturated heterocycles. The molecule has 1 unspecified atom stereocenters. The normalized spacial score (nSPS) is 21.0. The van der Waals surface area contributed by atoms with Gasteiger partial charge in [-0.2, -0.15) is 4.99 Å². The lowest BCUT2D eigenvalue weighted by Crippen LogP contribution is -2.39. The zero-order valence-electron chi connectivity index (χ0n) is 9.32. The Morgan fingerprint density at radius 3 is 2.73 bits per heavy atom. The fraction of sp³-hybridized carbons (Fsp3) is 0.800. The first-order chi connectivity index (χ1) is 6.94. The van der Waals surface area contributed by atoms with Crippen molar-refractivity contribution in [3.63, 3.8) is 0 Å². The molecule has 0 bridgehead atoms. The predicted octanol–water partition coefficient (Wildman–Crippen LogP) is 1.68. The molecule has 5 heteroatoms. The second kappa shape index (κ2) is 4.45. The van der Waals surface area contributed by atoms with Crippen LogP contribution in [0.2, 0.25) is 0 Å². The van der Waals surface area contributed by atoms with Crippen LogP contribution in [-0.2, 0) is 9.53 Å². The van der Waals surface area contributed by atoms with Crippen molar-refractivity contribution in [1.82, 2.24) is 4.90 Å². The molecule has 1 atom stereocenters. The van der Waals surface area contributed by atoms with Gasteiger partial charge in [0.2, 0.25) is 6.08 Å². The summed E-state index contributed by atoms with van der Waals surface area (Å²) in [5.74, 6) is 0. The van der Waals surface area contributed by atoms with Gasteiger partial charge in [-0.15, -0.1) is 0 Å². The lowest BCUT2D eigenvalue weighted by Gasteiger charge is -2.26. The SMILES string of the molecule is CC(C)(C)OC(=O)N1CCCC1N=C=O. The van der Waals surface area contributed by atoms with Crippen LogP contribution in [0.4, 0.5) is 4.79 Å². The van der Waals surface area contributed by atoms with E-state index in [1.165, 1.54) is 11.0 Å². The maximum atomic E-state index is 11.7. The van der Waals surface area contributed by atoms with Crippen molar-refractivity contribution in [1.29, 1.82) is 0 Å². The van der Waals surface area contributed by atoms with Gasteiger partial charge in [0.15, 0.2) is 0 Å². The number of rotatable bonds is 1. The minimum absolute atomic E-state index is 0.391. The molecule has 1 aliphatic heterocycles. The number of amides is 1. The van der Waals surface area contributed by atoms with Gasteiger partial charge in [0.05, 0.1) is 0 Å². The van der Waals surface area contributed by atoms with Crippen LogP contribution < -0.4 is 0 Å². The molecule has 15 heavy (non-hydrogen) atoms. The fourth-order valence-corrected chi connectivity index (χ4v) is 1.48. The zero-order valence-corrected chi connectivity index (χ0v) is 9.32. The Balaban J connectivity index is 2.62.